The summed E-state index contributed by atoms with van der Waals surface area (Å²) in [5.74, 6) is 0.0533. The van der Waals surface area contributed by atoms with Gasteiger partial charge in [0, 0.05) is 39.1 Å². The summed E-state index contributed by atoms with van der Waals surface area (Å²) in [4.78, 5) is 16.6. The molecule has 1 amide bonds. The lowest BCUT2D eigenvalue weighted by atomic mass is 10.1. The zero-order valence-corrected chi connectivity index (χ0v) is 16.0. The van der Waals surface area contributed by atoms with Crippen LogP contribution in [0, 0.1) is 17.1 Å². The summed E-state index contributed by atoms with van der Waals surface area (Å²) in [7, 11) is 1.45. The topological polar surface area (TPSA) is 56.6 Å². The van der Waals surface area contributed by atoms with Crippen LogP contribution in [0.25, 0.3) is 0 Å². The highest BCUT2D eigenvalue weighted by Crippen LogP contribution is 2.19. The van der Waals surface area contributed by atoms with Gasteiger partial charge in [0.1, 0.15) is 0 Å². The molecule has 0 aromatic heterocycles. The van der Waals surface area contributed by atoms with E-state index in [0.29, 0.717) is 38.0 Å². The second kappa shape index (κ2) is 9.34. The predicted octanol–water partition coefficient (Wildman–Crippen LogP) is 2.98. The molecule has 5 nitrogen and oxygen atoms in total. The van der Waals surface area contributed by atoms with E-state index < -0.39 is 0 Å². The third kappa shape index (κ3) is 5.08. The Kier molecular flexibility index (Phi) is 6.62. The van der Waals surface area contributed by atoms with Gasteiger partial charge in [-0.2, -0.15) is 5.26 Å². The number of aryl methyl sites for hydroxylation is 1. The van der Waals surface area contributed by atoms with Gasteiger partial charge in [-0.25, -0.2) is 4.39 Å². The molecule has 0 radical (unpaired) electrons. The molecule has 0 atom stereocenters. The van der Waals surface area contributed by atoms with E-state index in [1.165, 1.54) is 13.2 Å². The molecule has 3 rings (SSSR count). The Morgan fingerprint density at radius 1 is 1.11 bits per heavy atom. The summed E-state index contributed by atoms with van der Waals surface area (Å²) >= 11 is 0. The van der Waals surface area contributed by atoms with Crippen LogP contribution in [0.1, 0.15) is 23.1 Å². The third-order valence-corrected chi connectivity index (χ3v) is 5.06. The maximum atomic E-state index is 13.8. The van der Waals surface area contributed by atoms with Crippen LogP contribution in [0.5, 0.6) is 5.75 Å². The third-order valence-electron chi connectivity index (χ3n) is 5.06. The van der Waals surface area contributed by atoms with Crippen molar-refractivity contribution in [3.8, 4) is 11.8 Å². The number of amides is 1. The summed E-state index contributed by atoms with van der Waals surface area (Å²) in [5.41, 5.74) is 2.59. The highest BCUT2D eigenvalue weighted by molar-refractivity contribution is 5.76. The molecule has 1 aliphatic rings. The van der Waals surface area contributed by atoms with Gasteiger partial charge in [0.2, 0.25) is 5.91 Å². The molecule has 28 heavy (non-hydrogen) atoms. The van der Waals surface area contributed by atoms with Crippen LogP contribution in [0.4, 0.5) is 4.39 Å². The largest absolute Gasteiger partial charge is 0.494 e. The Hall–Kier alpha value is -2.91. The first kappa shape index (κ1) is 19.8. The average molecular weight is 381 g/mol. The van der Waals surface area contributed by atoms with Gasteiger partial charge in [0.05, 0.1) is 18.7 Å². The van der Waals surface area contributed by atoms with E-state index in [1.807, 2.05) is 23.1 Å². The second-order valence-corrected chi connectivity index (χ2v) is 6.93. The number of methoxy groups -OCH3 is 1. The van der Waals surface area contributed by atoms with E-state index in [9.17, 15) is 9.18 Å². The fourth-order valence-electron chi connectivity index (χ4n) is 3.38. The molecule has 1 fully saturated rings. The summed E-state index contributed by atoms with van der Waals surface area (Å²) < 4.78 is 18.8. The molecule has 0 saturated carbocycles. The fourth-order valence-corrected chi connectivity index (χ4v) is 3.38. The fraction of sp³-hybridized carbons (Fsp3) is 0.364. The zero-order valence-electron chi connectivity index (χ0n) is 16.0. The van der Waals surface area contributed by atoms with Crippen molar-refractivity contribution in [2.45, 2.75) is 19.4 Å². The Labute approximate surface area is 164 Å². The Morgan fingerprint density at radius 2 is 1.79 bits per heavy atom. The second-order valence-electron chi connectivity index (χ2n) is 6.93. The summed E-state index contributed by atoms with van der Waals surface area (Å²) in [6, 6.07) is 14.5. The number of carbonyl (C=O) groups excluding carboxylic acids is 1. The maximum absolute atomic E-state index is 13.8. The lowest BCUT2D eigenvalue weighted by Gasteiger charge is -2.35. The minimum atomic E-state index is -0.350. The number of benzene rings is 2. The maximum Gasteiger partial charge on any atom is 0.222 e. The number of hydrogen-bond acceptors (Lipinski definition) is 4. The van der Waals surface area contributed by atoms with Crippen molar-refractivity contribution in [3.05, 3.63) is 65.0 Å². The van der Waals surface area contributed by atoms with Gasteiger partial charge in [-0.05, 0) is 41.8 Å². The van der Waals surface area contributed by atoms with Gasteiger partial charge >= 0.3 is 0 Å². The number of hydrogen-bond donors (Lipinski definition) is 0. The minimum absolute atomic E-state index is 0.152. The molecule has 2 aromatic carbocycles. The quantitative estimate of drug-likeness (QED) is 0.772. The number of piperazine rings is 1. The molecule has 0 spiro atoms. The molecule has 1 saturated heterocycles. The van der Waals surface area contributed by atoms with Gasteiger partial charge in [-0.15, -0.1) is 0 Å². The zero-order chi connectivity index (χ0) is 19.9. The van der Waals surface area contributed by atoms with E-state index in [4.69, 9.17) is 10.00 Å². The number of halogens is 1. The number of rotatable bonds is 6. The smallest absolute Gasteiger partial charge is 0.222 e. The van der Waals surface area contributed by atoms with Crippen molar-refractivity contribution < 1.29 is 13.9 Å². The Morgan fingerprint density at radius 3 is 2.39 bits per heavy atom. The predicted molar refractivity (Wildman–Crippen MR) is 104 cm³/mol. The van der Waals surface area contributed by atoms with Crippen molar-refractivity contribution in [1.29, 1.82) is 5.26 Å². The number of ether oxygens (including phenoxy) is 1. The summed E-state index contributed by atoms with van der Waals surface area (Å²) in [6.07, 6.45) is 1.14. The SMILES string of the molecule is COc1ccc(CN2CCN(C(=O)CCc3ccc(C#N)cc3)CC2)cc1F. The highest BCUT2D eigenvalue weighted by atomic mass is 19.1. The monoisotopic (exact) mass is 381 g/mol. The standard InChI is InChI=1S/C22H24FN3O2/c1-28-21-8-6-19(14-20(21)23)16-25-10-12-26(13-11-25)22(27)9-7-17-2-4-18(15-24)5-3-17/h2-6,8,14H,7,9-13,16H2,1H3. The Bertz CT molecular complexity index is 853. The summed E-state index contributed by atoms with van der Waals surface area (Å²) in [6.45, 7) is 3.58. The lowest BCUT2D eigenvalue weighted by Crippen LogP contribution is -2.48. The molecule has 6 heteroatoms. The van der Waals surface area contributed by atoms with Gasteiger partial charge < -0.3 is 9.64 Å². The van der Waals surface area contributed by atoms with Gasteiger partial charge in [0.25, 0.3) is 0 Å². The van der Waals surface area contributed by atoms with Crippen LogP contribution in [0.15, 0.2) is 42.5 Å². The number of carbonyl (C=O) groups is 1. The molecular formula is C22H24FN3O2. The molecule has 0 aliphatic carbocycles. The number of nitrogens with zero attached hydrogens (tertiary/aromatic N) is 3. The number of nitriles is 1. The minimum Gasteiger partial charge on any atom is -0.494 e. The lowest BCUT2D eigenvalue weighted by molar-refractivity contribution is -0.133. The normalized spacial score (nSPS) is 14.5. The molecular weight excluding hydrogens is 357 g/mol. The first-order chi connectivity index (χ1) is 13.6. The van der Waals surface area contributed by atoms with E-state index in [-0.39, 0.29) is 17.5 Å². The van der Waals surface area contributed by atoms with E-state index >= 15 is 0 Å². The Balaban J connectivity index is 1.44. The molecule has 0 unspecified atom stereocenters. The molecule has 1 heterocycles. The van der Waals surface area contributed by atoms with Crippen molar-refractivity contribution >= 4 is 5.91 Å². The average Bonchev–Trinajstić information content (AvgIpc) is 2.73. The van der Waals surface area contributed by atoms with Crippen LogP contribution in [-0.2, 0) is 17.8 Å². The van der Waals surface area contributed by atoms with Crippen LogP contribution in [0.3, 0.4) is 0 Å². The van der Waals surface area contributed by atoms with Crippen LogP contribution in [-0.4, -0.2) is 49.0 Å². The summed E-state index contributed by atoms with van der Waals surface area (Å²) in [5, 5.41) is 8.83. The van der Waals surface area contributed by atoms with Crippen molar-refractivity contribution in [2.75, 3.05) is 33.3 Å². The van der Waals surface area contributed by atoms with Gasteiger partial charge in [0.15, 0.2) is 11.6 Å². The van der Waals surface area contributed by atoms with Crippen molar-refractivity contribution in [3.63, 3.8) is 0 Å². The van der Waals surface area contributed by atoms with Gasteiger partial charge in [-0.1, -0.05) is 18.2 Å². The highest BCUT2D eigenvalue weighted by Gasteiger charge is 2.21. The molecule has 1 aliphatic heterocycles. The first-order valence-corrected chi connectivity index (χ1v) is 9.40. The van der Waals surface area contributed by atoms with Crippen LogP contribution >= 0.6 is 0 Å². The van der Waals surface area contributed by atoms with Crippen LogP contribution in [0.2, 0.25) is 0 Å². The van der Waals surface area contributed by atoms with Crippen LogP contribution < -0.4 is 4.74 Å². The molecule has 0 N–H and O–H groups in total. The molecule has 2 aromatic rings. The first-order valence-electron chi connectivity index (χ1n) is 9.40. The molecule has 0 bridgehead atoms. The van der Waals surface area contributed by atoms with E-state index in [1.54, 1.807) is 18.2 Å². The van der Waals surface area contributed by atoms with Crippen molar-refractivity contribution in [2.24, 2.45) is 0 Å². The van der Waals surface area contributed by atoms with E-state index in [2.05, 4.69) is 11.0 Å². The van der Waals surface area contributed by atoms with Crippen molar-refractivity contribution in [1.82, 2.24) is 9.80 Å². The van der Waals surface area contributed by atoms with Gasteiger partial charge in [-0.3, -0.25) is 9.69 Å². The van der Waals surface area contributed by atoms with E-state index in [0.717, 1.165) is 24.2 Å². The molecule has 146 valence electrons.